The van der Waals surface area contributed by atoms with Gasteiger partial charge < -0.3 is 20.9 Å². The number of rotatable bonds is 6. The Morgan fingerprint density at radius 1 is 1.37 bits per heavy atom. The molecule has 2 rings (SSSR count). The summed E-state index contributed by atoms with van der Waals surface area (Å²) in [7, 11) is 0. The Balaban J connectivity index is 2.13. The quantitative estimate of drug-likeness (QED) is 0.559. The fourth-order valence-corrected chi connectivity index (χ4v) is 2.11. The topological polar surface area (TPSA) is 80.4 Å². The van der Waals surface area contributed by atoms with Gasteiger partial charge in [0.05, 0.1) is 31.0 Å². The molecule has 0 aliphatic heterocycles. The molecule has 0 atom stereocenters. The maximum atomic E-state index is 8.61. The second kappa shape index (κ2) is 6.70. The summed E-state index contributed by atoms with van der Waals surface area (Å²) in [5.41, 5.74) is 8.41. The molecule has 0 spiro atoms. The first-order valence-electron chi connectivity index (χ1n) is 5.98. The highest BCUT2D eigenvalue weighted by atomic mass is 79.9. The van der Waals surface area contributed by atoms with Crippen molar-refractivity contribution in [1.82, 2.24) is 4.98 Å². The highest BCUT2D eigenvalue weighted by Crippen LogP contribution is 2.28. The van der Waals surface area contributed by atoms with E-state index in [1.807, 2.05) is 18.2 Å². The summed E-state index contributed by atoms with van der Waals surface area (Å²) in [6, 6.07) is 5.71. The number of aliphatic hydroxyl groups excluding tert-OH is 1. The smallest absolute Gasteiger partial charge is 0.0954 e. The van der Waals surface area contributed by atoms with Gasteiger partial charge in [-0.25, -0.2) is 0 Å². The number of nitrogens with two attached hydrogens (primary N) is 1. The average Bonchev–Trinajstić information content (AvgIpc) is 2.41. The molecule has 2 aromatic rings. The molecule has 0 bridgehead atoms. The molecule has 0 fully saturated rings. The van der Waals surface area contributed by atoms with E-state index in [9.17, 15) is 0 Å². The van der Waals surface area contributed by atoms with Crippen molar-refractivity contribution in [2.24, 2.45) is 0 Å². The fraction of sp³-hybridized carbons (Fsp3) is 0.308. The van der Waals surface area contributed by atoms with Gasteiger partial charge in [-0.15, -0.1) is 0 Å². The molecule has 0 amide bonds. The van der Waals surface area contributed by atoms with E-state index in [0.29, 0.717) is 25.4 Å². The van der Waals surface area contributed by atoms with E-state index >= 15 is 0 Å². The van der Waals surface area contributed by atoms with Crippen molar-refractivity contribution in [2.45, 2.75) is 0 Å². The lowest BCUT2D eigenvalue weighted by molar-refractivity contribution is 0.0992. The first-order valence-corrected chi connectivity index (χ1v) is 6.78. The first kappa shape index (κ1) is 14.0. The van der Waals surface area contributed by atoms with E-state index in [1.54, 1.807) is 6.20 Å². The average molecular weight is 326 g/mol. The number of nitrogens with one attached hydrogen (secondary N) is 1. The number of hydrogen-bond acceptors (Lipinski definition) is 5. The molecule has 0 aliphatic rings. The van der Waals surface area contributed by atoms with Crippen molar-refractivity contribution in [3.63, 3.8) is 0 Å². The van der Waals surface area contributed by atoms with Gasteiger partial charge in [-0.05, 0) is 34.1 Å². The number of nitrogens with zero attached hydrogens (tertiary/aromatic N) is 1. The molecule has 102 valence electrons. The lowest BCUT2D eigenvalue weighted by Gasteiger charge is -2.11. The molecular weight excluding hydrogens is 310 g/mol. The predicted molar refractivity (Wildman–Crippen MR) is 80.2 cm³/mol. The second-order valence-corrected chi connectivity index (χ2v) is 4.93. The number of benzene rings is 1. The van der Waals surface area contributed by atoms with Gasteiger partial charge >= 0.3 is 0 Å². The number of halogens is 1. The molecular formula is C13H16BrN3O2. The minimum atomic E-state index is 0.0420. The van der Waals surface area contributed by atoms with Crippen molar-refractivity contribution in [3.8, 4) is 0 Å². The zero-order chi connectivity index (χ0) is 13.7. The number of nitrogen functional groups attached to an aromatic ring is 1. The van der Waals surface area contributed by atoms with Crippen LogP contribution in [0.1, 0.15) is 0 Å². The third-order valence-electron chi connectivity index (χ3n) is 2.65. The monoisotopic (exact) mass is 325 g/mol. The number of fused-ring (bicyclic) bond motifs is 1. The standard InChI is InChI=1S/C13H16BrN3O2/c14-9-7-10-11(15)1-2-12(13(10)17-8-9)16-3-5-19-6-4-18/h1-2,7-8,16,18H,3-6,15H2. The molecule has 0 aliphatic carbocycles. The zero-order valence-electron chi connectivity index (χ0n) is 10.4. The van der Waals surface area contributed by atoms with Crippen LogP contribution in [0.5, 0.6) is 0 Å². The molecule has 1 heterocycles. The van der Waals surface area contributed by atoms with Crippen LogP contribution >= 0.6 is 15.9 Å². The fourth-order valence-electron chi connectivity index (χ4n) is 1.78. The Bertz CT molecular complexity index is 563. The van der Waals surface area contributed by atoms with Crippen LogP contribution in [0.3, 0.4) is 0 Å². The molecule has 5 nitrogen and oxygen atoms in total. The van der Waals surface area contributed by atoms with Crippen molar-refractivity contribution in [3.05, 3.63) is 28.9 Å². The van der Waals surface area contributed by atoms with E-state index in [2.05, 4.69) is 26.2 Å². The van der Waals surface area contributed by atoms with E-state index in [1.165, 1.54) is 0 Å². The van der Waals surface area contributed by atoms with Crippen LogP contribution < -0.4 is 11.1 Å². The molecule has 1 aromatic heterocycles. The summed E-state index contributed by atoms with van der Waals surface area (Å²) in [4.78, 5) is 4.39. The summed E-state index contributed by atoms with van der Waals surface area (Å²) in [5, 5.41) is 12.8. The van der Waals surface area contributed by atoms with Crippen molar-refractivity contribution in [1.29, 1.82) is 0 Å². The van der Waals surface area contributed by atoms with Gasteiger partial charge in [0.2, 0.25) is 0 Å². The van der Waals surface area contributed by atoms with Crippen LogP contribution in [-0.4, -0.2) is 36.5 Å². The molecule has 0 radical (unpaired) electrons. The van der Waals surface area contributed by atoms with Crippen LogP contribution in [0.2, 0.25) is 0 Å². The summed E-state index contributed by atoms with van der Waals surface area (Å²) in [6.45, 7) is 1.58. The predicted octanol–water partition coefficient (Wildman–Crippen LogP) is 2.00. The normalized spacial score (nSPS) is 10.8. The van der Waals surface area contributed by atoms with Crippen LogP contribution in [0.15, 0.2) is 28.9 Å². The highest BCUT2D eigenvalue weighted by Gasteiger charge is 2.05. The van der Waals surface area contributed by atoms with Crippen LogP contribution in [-0.2, 0) is 4.74 Å². The van der Waals surface area contributed by atoms with Gasteiger partial charge in [0.25, 0.3) is 0 Å². The van der Waals surface area contributed by atoms with Crippen LogP contribution in [0.4, 0.5) is 11.4 Å². The Kier molecular flexibility index (Phi) is 4.95. The van der Waals surface area contributed by atoms with Crippen LogP contribution in [0.25, 0.3) is 10.9 Å². The van der Waals surface area contributed by atoms with Crippen molar-refractivity contribution >= 4 is 38.2 Å². The number of anilines is 2. The minimum Gasteiger partial charge on any atom is -0.398 e. The van der Waals surface area contributed by atoms with E-state index in [-0.39, 0.29) is 6.61 Å². The van der Waals surface area contributed by atoms with E-state index in [4.69, 9.17) is 15.6 Å². The lowest BCUT2D eigenvalue weighted by Crippen LogP contribution is -2.11. The maximum Gasteiger partial charge on any atom is 0.0954 e. The number of hydrogen-bond donors (Lipinski definition) is 3. The van der Waals surface area contributed by atoms with Crippen molar-refractivity contribution < 1.29 is 9.84 Å². The summed E-state index contributed by atoms with van der Waals surface area (Å²) < 4.78 is 6.09. The second-order valence-electron chi connectivity index (χ2n) is 4.01. The molecule has 0 unspecified atom stereocenters. The third kappa shape index (κ3) is 3.56. The zero-order valence-corrected chi connectivity index (χ0v) is 12.0. The largest absolute Gasteiger partial charge is 0.398 e. The molecule has 4 N–H and O–H groups in total. The van der Waals surface area contributed by atoms with Crippen LogP contribution in [0, 0.1) is 0 Å². The summed E-state index contributed by atoms with van der Waals surface area (Å²) in [5.74, 6) is 0. The van der Waals surface area contributed by atoms with Gasteiger partial charge in [-0.1, -0.05) is 0 Å². The minimum absolute atomic E-state index is 0.0420. The number of pyridine rings is 1. The summed E-state index contributed by atoms with van der Waals surface area (Å²) >= 11 is 3.39. The number of ether oxygens (including phenoxy) is 1. The molecule has 1 aromatic carbocycles. The van der Waals surface area contributed by atoms with Gasteiger partial charge in [-0.3, -0.25) is 4.98 Å². The molecule has 6 heteroatoms. The first-order chi connectivity index (χ1) is 9.22. The lowest BCUT2D eigenvalue weighted by atomic mass is 10.1. The highest BCUT2D eigenvalue weighted by molar-refractivity contribution is 9.10. The summed E-state index contributed by atoms with van der Waals surface area (Å²) in [6.07, 6.45) is 1.75. The molecule has 0 saturated carbocycles. The number of aromatic nitrogens is 1. The third-order valence-corrected chi connectivity index (χ3v) is 3.08. The van der Waals surface area contributed by atoms with E-state index < -0.39 is 0 Å². The Hall–Kier alpha value is -1.37. The van der Waals surface area contributed by atoms with Gasteiger partial charge in [0, 0.05) is 28.3 Å². The van der Waals surface area contributed by atoms with E-state index in [0.717, 1.165) is 21.1 Å². The Labute approximate surface area is 119 Å². The SMILES string of the molecule is Nc1ccc(NCCOCCO)c2ncc(Br)cc12. The van der Waals surface area contributed by atoms with Crippen molar-refractivity contribution in [2.75, 3.05) is 37.4 Å². The Morgan fingerprint density at radius 2 is 2.21 bits per heavy atom. The van der Waals surface area contributed by atoms with Gasteiger partial charge in [-0.2, -0.15) is 0 Å². The maximum absolute atomic E-state index is 8.61. The van der Waals surface area contributed by atoms with Gasteiger partial charge in [0.1, 0.15) is 0 Å². The molecule has 19 heavy (non-hydrogen) atoms. The Morgan fingerprint density at radius 3 is 3.00 bits per heavy atom. The van der Waals surface area contributed by atoms with Gasteiger partial charge in [0.15, 0.2) is 0 Å². The molecule has 0 saturated heterocycles. The number of aliphatic hydroxyl groups is 1.